The Hall–Kier alpha value is -2.16. The molecule has 0 aromatic heterocycles. The lowest BCUT2D eigenvalue weighted by molar-refractivity contribution is -0.123. The summed E-state index contributed by atoms with van der Waals surface area (Å²) in [4.78, 5) is 27.0. The Morgan fingerprint density at radius 3 is 2.33 bits per heavy atom. The Balaban J connectivity index is 1.54. The quantitative estimate of drug-likeness (QED) is 0.234. The van der Waals surface area contributed by atoms with Crippen molar-refractivity contribution in [2.75, 3.05) is 6.61 Å². The molecule has 0 bridgehead atoms. The van der Waals surface area contributed by atoms with E-state index in [-0.39, 0.29) is 24.3 Å². The van der Waals surface area contributed by atoms with Crippen LogP contribution in [0.5, 0.6) is 11.5 Å². The number of hydrogen-bond donors (Lipinski definition) is 0. The highest BCUT2D eigenvalue weighted by Gasteiger charge is 2.35. The average Bonchev–Trinajstić information content (AvgIpc) is 3.09. The number of carbonyl (C=O) groups excluding carboxylic acids is 2. The highest BCUT2D eigenvalue weighted by atomic mass is 79.9. The summed E-state index contributed by atoms with van der Waals surface area (Å²) in [7, 11) is 0. The lowest BCUT2D eigenvalue weighted by Gasteiger charge is -2.15. The lowest BCUT2D eigenvalue weighted by atomic mass is 10.1. The van der Waals surface area contributed by atoms with Crippen molar-refractivity contribution in [1.29, 1.82) is 0 Å². The molecule has 5 nitrogen and oxygen atoms in total. The fraction of sp³-hybridized carbons (Fsp3) is 0.154. The zero-order chi connectivity index (χ0) is 25.8. The minimum atomic E-state index is -0.359. The highest BCUT2D eigenvalue weighted by Crippen LogP contribution is 2.40. The maximum Gasteiger partial charge on any atom is 0.293 e. The van der Waals surface area contributed by atoms with Crippen molar-refractivity contribution in [2.24, 2.45) is 0 Å². The molecule has 0 saturated carbocycles. The van der Waals surface area contributed by atoms with Crippen LogP contribution in [0.15, 0.2) is 64.0 Å². The van der Waals surface area contributed by atoms with Gasteiger partial charge in [-0.1, -0.05) is 68.9 Å². The Morgan fingerprint density at radius 2 is 1.64 bits per heavy atom. The highest BCUT2D eigenvalue weighted by molar-refractivity contribution is 9.10. The summed E-state index contributed by atoms with van der Waals surface area (Å²) in [5.41, 5.74) is 2.28. The third-order valence-corrected chi connectivity index (χ3v) is 7.58. The smallest absolute Gasteiger partial charge is 0.293 e. The number of ether oxygens (including phenoxy) is 2. The molecular formula is C26H19BrCl3NO4S. The molecule has 3 aromatic carbocycles. The second-order valence-electron chi connectivity index (χ2n) is 7.69. The van der Waals surface area contributed by atoms with Crippen molar-refractivity contribution in [1.82, 2.24) is 4.90 Å². The Kier molecular flexibility index (Phi) is 8.91. The van der Waals surface area contributed by atoms with Crippen LogP contribution in [-0.2, 0) is 17.9 Å². The number of rotatable bonds is 8. The largest absolute Gasteiger partial charge is 0.490 e. The van der Waals surface area contributed by atoms with Gasteiger partial charge >= 0.3 is 0 Å². The van der Waals surface area contributed by atoms with E-state index in [2.05, 4.69) is 15.9 Å². The SMILES string of the molecule is CCOc1cc(/C=C2\SC(=O)N(Cc3ccc(Br)cc3)C2=O)cc(Cl)c1OCc1ccc(Cl)c(Cl)c1. The monoisotopic (exact) mass is 625 g/mol. The van der Waals surface area contributed by atoms with Crippen molar-refractivity contribution < 1.29 is 19.1 Å². The molecule has 2 amide bonds. The van der Waals surface area contributed by atoms with Crippen molar-refractivity contribution in [3.63, 3.8) is 0 Å². The molecule has 0 radical (unpaired) electrons. The minimum Gasteiger partial charge on any atom is -0.490 e. The number of carbonyl (C=O) groups is 2. The molecule has 1 aliphatic rings. The van der Waals surface area contributed by atoms with E-state index in [9.17, 15) is 9.59 Å². The van der Waals surface area contributed by atoms with Gasteiger partial charge in [-0.15, -0.1) is 0 Å². The topological polar surface area (TPSA) is 55.8 Å². The fourth-order valence-electron chi connectivity index (χ4n) is 3.42. The number of halogens is 4. The lowest BCUT2D eigenvalue weighted by Crippen LogP contribution is -2.27. The second kappa shape index (κ2) is 11.9. The van der Waals surface area contributed by atoms with Crippen molar-refractivity contribution in [3.05, 3.63) is 95.7 Å². The molecule has 4 rings (SSSR count). The minimum absolute atomic E-state index is 0.196. The summed E-state index contributed by atoms with van der Waals surface area (Å²) in [6.45, 7) is 2.62. The first kappa shape index (κ1) is 26.9. The maximum absolute atomic E-state index is 13.0. The molecule has 1 heterocycles. The van der Waals surface area contributed by atoms with Gasteiger partial charge in [0, 0.05) is 4.47 Å². The summed E-state index contributed by atoms with van der Waals surface area (Å²) in [5.74, 6) is 0.428. The van der Waals surface area contributed by atoms with Crippen LogP contribution in [0.4, 0.5) is 4.79 Å². The van der Waals surface area contributed by atoms with Gasteiger partial charge in [-0.3, -0.25) is 14.5 Å². The van der Waals surface area contributed by atoms with E-state index >= 15 is 0 Å². The van der Waals surface area contributed by atoms with Crippen LogP contribution in [-0.4, -0.2) is 22.7 Å². The third kappa shape index (κ3) is 6.39. The predicted octanol–water partition coefficient (Wildman–Crippen LogP) is 8.62. The van der Waals surface area contributed by atoms with Crippen LogP contribution in [0.1, 0.15) is 23.6 Å². The Bertz CT molecular complexity index is 1350. The maximum atomic E-state index is 13.0. The van der Waals surface area contributed by atoms with Crippen LogP contribution in [0.25, 0.3) is 6.08 Å². The van der Waals surface area contributed by atoms with E-state index in [1.165, 1.54) is 4.90 Å². The molecule has 0 atom stereocenters. The molecule has 0 N–H and O–H groups in total. The standard InChI is InChI=1S/C26H19BrCl3NO4S/c1-2-34-22-11-17(10-21(30)24(22)35-14-16-5-8-19(28)20(29)9-16)12-23-25(32)31(26(33)36-23)13-15-3-6-18(27)7-4-15/h3-12H,2,13-14H2,1H3/b23-12-. The summed E-state index contributed by atoms with van der Waals surface area (Å²) < 4.78 is 12.6. The molecule has 36 heavy (non-hydrogen) atoms. The summed E-state index contributed by atoms with van der Waals surface area (Å²) in [6, 6.07) is 16.1. The Labute approximate surface area is 236 Å². The Morgan fingerprint density at radius 1 is 0.917 bits per heavy atom. The van der Waals surface area contributed by atoms with Gasteiger partial charge in [-0.05, 0) is 77.9 Å². The second-order valence-corrected chi connectivity index (χ2v) is 10.8. The molecule has 0 spiro atoms. The van der Waals surface area contributed by atoms with E-state index in [1.807, 2.05) is 31.2 Å². The first-order chi connectivity index (χ1) is 17.2. The van der Waals surface area contributed by atoms with Gasteiger partial charge in [0.2, 0.25) is 0 Å². The van der Waals surface area contributed by atoms with Crippen LogP contribution in [0, 0.1) is 0 Å². The van der Waals surface area contributed by atoms with E-state index in [4.69, 9.17) is 44.3 Å². The molecule has 186 valence electrons. The van der Waals surface area contributed by atoms with Gasteiger partial charge in [0.15, 0.2) is 11.5 Å². The van der Waals surface area contributed by atoms with E-state index in [1.54, 1.807) is 36.4 Å². The molecule has 1 fully saturated rings. The number of thioether (sulfide) groups is 1. The van der Waals surface area contributed by atoms with Gasteiger partial charge in [-0.2, -0.15) is 0 Å². The first-order valence-electron chi connectivity index (χ1n) is 10.8. The fourth-order valence-corrected chi connectivity index (χ4v) is 5.12. The van der Waals surface area contributed by atoms with Gasteiger partial charge in [0.25, 0.3) is 11.1 Å². The molecule has 0 aliphatic carbocycles. The molecule has 1 aliphatic heterocycles. The summed E-state index contributed by atoms with van der Waals surface area (Å²) in [6.07, 6.45) is 1.63. The van der Waals surface area contributed by atoms with E-state index < -0.39 is 0 Å². The van der Waals surface area contributed by atoms with Crippen molar-refractivity contribution in [2.45, 2.75) is 20.1 Å². The van der Waals surface area contributed by atoms with Crippen molar-refractivity contribution in [3.8, 4) is 11.5 Å². The average molecular weight is 628 g/mol. The zero-order valence-electron chi connectivity index (χ0n) is 18.9. The van der Waals surface area contributed by atoms with Crippen LogP contribution in [0.3, 0.4) is 0 Å². The van der Waals surface area contributed by atoms with Crippen LogP contribution >= 0.6 is 62.5 Å². The number of benzene rings is 3. The van der Waals surface area contributed by atoms with Gasteiger partial charge in [0.1, 0.15) is 6.61 Å². The zero-order valence-corrected chi connectivity index (χ0v) is 23.6. The number of imide groups is 1. The van der Waals surface area contributed by atoms with Gasteiger partial charge < -0.3 is 9.47 Å². The first-order valence-corrected chi connectivity index (χ1v) is 13.5. The van der Waals surface area contributed by atoms with Gasteiger partial charge in [0.05, 0.1) is 33.1 Å². The van der Waals surface area contributed by atoms with Crippen molar-refractivity contribution >= 4 is 79.7 Å². The van der Waals surface area contributed by atoms with Crippen LogP contribution < -0.4 is 9.47 Å². The number of hydrogen-bond acceptors (Lipinski definition) is 5. The molecule has 3 aromatic rings. The summed E-state index contributed by atoms with van der Waals surface area (Å²) >= 11 is 22.9. The number of nitrogens with zero attached hydrogens (tertiary/aromatic N) is 1. The van der Waals surface area contributed by atoms with E-state index in [0.29, 0.717) is 43.6 Å². The molecule has 10 heteroatoms. The van der Waals surface area contributed by atoms with Gasteiger partial charge in [-0.25, -0.2) is 0 Å². The molecular weight excluding hydrogens is 609 g/mol. The molecule has 1 saturated heterocycles. The third-order valence-electron chi connectivity index (χ3n) is 5.12. The normalized spacial score (nSPS) is 14.6. The predicted molar refractivity (Wildman–Crippen MR) is 149 cm³/mol. The molecule has 0 unspecified atom stereocenters. The van der Waals surface area contributed by atoms with E-state index in [0.717, 1.165) is 27.4 Å². The summed E-state index contributed by atoms with van der Waals surface area (Å²) in [5, 5.41) is 0.866. The number of amides is 2. The van der Waals surface area contributed by atoms with Crippen LogP contribution in [0.2, 0.25) is 15.1 Å².